The molecule has 0 atom stereocenters. The maximum atomic E-state index is 10.9. The van der Waals surface area contributed by atoms with E-state index in [0.29, 0.717) is 5.69 Å². The number of carboxylic acids is 1. The van der Waals surface area contributed by atoms with Crippen LogP contribution in [0.1, 0.15) is 22.4 Å². The molecule has 29 heavy (non-hydrogen) atoms. The summed E-state index contributed by atoms with van der Waals surface area (Å²) in [5, 5.41) is 8.95. The van der Waals surface area contributed by atoms with E-state index in [-0.39, 0.29) is 0 Å². The van der Waals surface area contributed by atoms with E-state index >= 15 is 0 Å². The Labute approximate surface area is 169 Å². The largest absolute Gasteiger partial charge is 0.478 e. The molecular weight excluding hydrogens is 360 g/mol. The average Bonchev–Trinajstić information content (AvgIpc) is 3.24. The monoisotopic (exact) mass is 380 g/mol. The lowest BCUT2D eigenvalue weighted by molar-refractivity contribution is -0.131. The number of aromatic nitrogens is 2. The summed E-state index contributed by atoms with van der Waals surface area (Å²) in [6.45, 7) is 0. The van der Waals surface area contributed by atoms with Crippen LogP contribution in [0.4, 0.5) is 0 Å². The van der Waals surface area contributed by atoms with Gasteiger partial charge in [0, 0.05) is 12.3 Å². The van der Waals surface area contributed by atoms with Gasteiger partial charge in [-0.1, -0.05) is 91.0 Å². The number of imidazole rings is 1. The van der Waals surface area contributed by atoms with Crippen LogP contribution in [0.2, 0.25) is 0 Å². The van der Waals surface area contributed by atoms with Crippen molar-refractivity contribution in [3.05, 3.63) is 132 Å². The lowest BCUT2D eigenvalue weighted by atomic mass is 9.77. The molecule has 0 radical (unpaired) electrons. The van der Waals surface area contributed by atoms with Crippen LogP contribution in [0.25, 0.3) is 6.08 Å². The van der Waals surface area contributed by atoms with Gasteiger partial charge in [0.25, 0.3) is 0 Å². The number of aliphatic carboxylic acids is 1. The third-order valence-corrected chi connectivity index (χ3v) is 4.96. The first kappa shape index (κ1) is 18.4. The molecule has 0 unspecified atom stereocenters. The Morgan fingerprint density at radius 1 is 0.793 bits per heavy atom. The summed E-state index contributed by atoms with van der Waals surface area (Å²) >= 11 is 0. The van der Waals surface area contributed by atoms with Crippen LogP contribution in [-0.2, 0) is 10.3 Å². The van der Waals surface area contributed by atoms with Gasteiger partial charge in [-0.3, -0.25) is 0 Å². The third-order valence-electron chi connectivity index (χ3n) is 4.96. The Bertz CT molecular complexity index is 1020. The highest BCUT2D eigenvalue weighted by Gasteiger charge is 2.38. The molecule has 4 heteroatoms. The minimum atomic E-state index is -1.00. The summed E-state index contributed by atoms with van der Waals surface area (Å²) in [4.78, 5) is 15.4. The van der Waals surface area contributed by atoms with Crippen molar-refractivity contribution in [3.8, 4) is 0 Å². The Morgan fingerprint density at radius 2 is 1.24 bits per heavy atom. The van der Waals surface area contributed by atoms with Gasteiger partial charge < -0.3 is 9.67 Å². The van der Waals surface area contributed by atoms with Gasteiger partial charge in [-0.15, -0.1) is 0 Å². The predicted molar refractivity (Wildman–Crippen MR) is 114 cm³/mol. The van der Waals surface area contributed by atoms with E-state index in [0.717, 1.165) is 22.8 Å². The third kappa shape index (κ3) is 3.48. The van der Waals surface area contributed by atoms with Gasteiger partial charge in [-0.25, -0.2) is 9.78 Å². The standard InChI is InChI=1S/C25H20N2O2/c28-24(29)17-16-23-18-27(19-26-23)25(20-10-4-1-5-11-20,21-12-6-2-7-13-21)22-14-8-3-9-15-22/h1-19H,(H,28,29)/b17-16+. The number of carbonyl (C=O) groups is 1. The molecule has 1 heterocycles. The molecule has 1 N–H and O–H groups in total. The second-order valence-electron chi connectivity index (χ2n) is 6.69. The number of nitrogens with zero attached hydrogens (tertiary/aromatic N) is 2. The van der Waals surface area contributed by atoms with Crippen molar-refractivity contribution in [3.63, 3.8) is 0 Å². The Hall–Kier alpha value is -3.92. The molecule has 0 bridgehead atoms. The lowest BCUT2D eigenvalue weighted by Crippen LogP contribution is -2.36. The van der Waals surface area contributed by atoms with Crippen molar-refractivity contribution in [1.29, 1.82) is 0 Å². The molecule has 0 aliphatic carbocycles. The molecule has 0 aliphatic heterocycles. The Morgan fingerprint density at radius 3 is 1.66 bits per heavy atom. The van der Waals surface area contributed by atoms with Gasteiger partial charge >= 0.3 is 5.97 Å². The van der Waals surface area contributed by atoms with E-state index in [2.05, 4.69) is 45.9 Å². The molecular formula is C25H20N2O2. The Kier molecular flexibility index (Phi) is 5.08. The highest BCUT2D eigenvalue weighted by molar-refractivity contribution is 5.84. The average molecular weight is 380 g/mol. The SMILES string of the molecule is O=C(O)/C=C/c1cn(C(c2ccccc2)(c2ccccc2)c2ccccc2)cn1. The topological polar surface area (TPSA) is 55.1 Å². The van der Waals surface area contributed by atoms with Crippen LogP contribution in [0.15, 0.2) is 110 Å². The van der Waals surface area contributed by atoms with Crippen LogP contribution in [0, 0.1) is 0 Å². The highest BCUT2D eigenvalue weighted by Crippen LogP contribution is 2.40. The normalized spacial score (nSPS) is 11.6. The molecule has 4 nitrogen and oxygen atoms in total. The van der Waals surface area contributed by atoms with E-state index in [1.54, 1.807) is 6.33 Å². The van der Waals surface area contributed by atoms with Crippen molar-refractivity contribution >= 4 is 12.0 Å². The fourth-order valence-corrected chi connectivity index (χ4v) is 3.75. The number of rotatable bonds is 6. The Balaban J connectivity index is 2.02. The van der Waals surface area contributed by atoms with Gasteiger partial charge in [0.2, 0.25) is 0 Å². The quantitative estimate of drug-likeness (QED) is 0.385. The zero-order chi connectivity index (χ0) is 20.1. The molecule has 1 aromatic heterocycles. The second kappa shape index (κ2) is 7.98. The van der Waals surface area contributed by atoms with Crippen LogP contribution >= 0.6 is 0 Å². The van der Waals surface area contributed by atoms with Crippen LogP contribution in [-0.4, -0.2) is 20.6 Å². The molecule has 142 valence electrons. The fraction of sp³-hybridized carbons (Fsp3) is 0.0400. The van der Waals surface area contributed by atoms with Crippen LogP contribution in [0.5, 0.6) is 0 Å². The maximum Gasteiger partial charge on any atom is 0.328 e. The predicted octanol–water partition coefficient (Wildman–Crippen LogP) is 4.82. The number of hydrogen-bond donors (Lipinski definition) is 1. The smallest absolute Gasteiger partial charge is 0.328 e. The minimum Gasteiger partial charge on any atom is -0.478 e. The summed E-state index contributed by atoms with van der Waals surface area (Å²) in [6.07, 6.45) is 6.24. The first-order valence-electron chi connectivity index (χ1n) is 9.33. The summed E-state index contributed by atoms with van der Waals surface area (Å²) < 4.78 is 2.05. The van der Waals surface area contributed by atoms with Gasteiger partial charge in [0.05, 0.1) is 12.0 Å². The number of carboxylic acid groups (broad SMARTS) is 1. The van der Waals surface area contributed by atoms with E-state index < -0.39 is 11.5 Å². The van der Waals surface area contributed by atoms with E-state index in [4.69, 9.17) is 5.11 Å². The van der Waals surface area contributed by atoms with Gasteiger partial charge in [0.1, 0.15) is 5.54 Å². The van der Waals surface area contributed by atoms with Gasteiger partial charge in [-0.05, 0) is 22.8 Å². The summed E-state index contributed by atoms with van der Waals surface area (Å²) in [5.41, 5.74) is 3.20. The molecule has 4 aromatic rings. The van der Waals surface area contributed by atoms with Crippen molar-refractivity contribution in [1.82, 2.24) is 9.55 Å². The fourth-order valence-electron chi connectivity index (χ4n) is 3.75. The highest BCUT2D eigenvalue weighted by atomic mass is 16.4. The molecule has 0 saturated heterocycles. The van der Waals surface area contributed by atoms with Crippen LogP contribution < -0.4 is 0 Å². The van der Waals surface area contributed by atoms with Gasteiger partial charge in [0.15, 0.2) is 0 Å². The zero-order valence-corrected chi connectivity index (χ0v) is 15.7. The number of hydrogen-bond acceptors (Lipinski definition) is 2. The van der Waals surface area contributed by atoms with Crippen molar-refractivity contribution in [2.45, 2.75) is 5.54 Å². The molecule has 0 aliphatic rings. The molecule has 4 rings (SSSR count). The van der Waals surface area contributed by atoms with Crippen LogP contribution in [0.3, 0.4) is 0 Å². The van der Waals surface area contributed by atoms with E-state index in [1.165, 1.54) is 6.08 Å². The molecule has 0 fully saturated rings. The minimum absolute atomic E-state index is 0.583. The van der Waals surface area contributed by atoms with E-state index in [1.807, 2.05) is 60.8 Å². The summed E-state index contributed by atoms with van der Waals surface area (Å²) in [5.74, 6) is -1.00. The maximum absolute atomic E-state index is 10.9. The zero-order valence-electron chi connectivity index (χ0n) is 15.7. The first-order chi connectivity index (χ1) is 14.2. The molecule has 3 aromatic carbocycles. The lowest BCUT2D eigenvalue weighted by Gasteiger charge is -2.37. The summed E-state index contributed by atoms with van der Waals surface area (Å²) in [7, 11) is 0. The second-order valence-corrected chi connectivity index (χ2v) is 6.69. The summed E-state index contributed by atoms with van der Waals surface area (Å²) in [6, 6.07) is 30.8. The molecule has 0 spiro atoms. The van der Waals surface area contributed by atoms with E-state index in [9.17, 15) is 4.79 Å². The van der Waals surface area contributed by atoms with Crippen molar-refractivity contribution in [2.75, 3.05) is 0 Å². The van der Waals surface area contributed by atoms with Crippen molar-refractivity contribution in [2.24, 2.45) is 0 Å². The first-order valence-corrected chi connectivity index (χ1v) is 9.33. The molecule has 0 amide bonds. The number of benzene rings is 3. The molecule has 0 saturated carbocycles. The van der Waals surface area contributed by atoms with Crippen molar-refractivity contribution < 1.29 is 9.90 Å². The van der Waals surface area contributed by atoms with Gasteiger partial charge in [-0.2, -0.15) is 0 Å².